The lowest BCUT2D eigenvalue weighted by Crippen LogP contribution is -2.40. The van der Waals surface area contributed by atoms with Crippen LogP contribution in [0.1, 0.15) is 6.42 Å². The van der Waals surface area contributed by atoms with Crippen molar-refractivity contribution in [1.29, 1.82) is 0 Å². The minimum absolute atomic E-state index is 0.188. The number of fused-ring (bicyclic) bond motifs is 1. The van der Waals surface area contributed by atoms with Crippen LogP contribution in [0.2, 0.25) is 5.02 Å². The molecule has 9 heteroatoms. The molecular formula is C19H21ClN2O4S2. The first kappa shape index (κ1) is 20.8. The zero-order valence-electron chi connectivity index (χ0n) is 15.3. The van der Waals surface area contributed by atoms with E-state index in [-0.39, 0.29) is 18.9 Å². The van der Waals surface area contributed by atoms with E-state index in [2.05, 4.69) is 5.32 Å². The van der Waals surface area contributed by atoms with Crippen molar-refractivity contribution >= 4 is 45.0 Å². The number of nitrogens with zero attached hydrogens (tertiary/aromatic N) is 1. The lowest BCUT2D eigenvalue weighted by Gasteiger charge is -2.20. The Bertz CT molecular complexity index is 935. The lowest BCUT2D eigenvalue weighted by molar-refractivity contribution is -0.127. The van der Waals surface area contributed by atoms with Gasteiger partial charge in [0.2, 0.25) is 10.0 Å². The first-order valence-electron chi connectivity index (χ1n) is 8.74. The molecular weight excluding hydrogens is 420 g/mol. The summed E-state index contributed by atoms with van der Waals surface area (Å²) >= 11 is 7.48. The third-order valence-electron chi connectivity index (χ3n) is 4.17. The summed E-state index contributed by atoms with van der Waals surface area (Å²) in [5.41, 5.74) is 0.457. The maximum absolute atomic E-state index is 12.5. The van der Waals surface area contributed by atoms with Crippen molar-refractivity contribution in [3.63, 3.8) is 0 Å². The van der Waals surface area contributed by atoms with Crippen molar-refractivity contribution in [3.05, 3.63) is 53.6 Å². The number of hydrogen-bond acceptors (Lipinski definition) is 5. The number of anilines is 1. The second-order valence-corrected chi connectivity index (χ2v) is 9.80. The summed E-state index contributed by atoms with van der Waals surface area (Å²) in [4.78, 5) is 13.6. The Balaban J connectivity index is 1.58. The third-order valence-corrected chi connectivity index (χ3v) is 6.62. The molecule has 1 atom stereocenters. The maximum atomic E-state index is 12.5. The van der Waals surface area contributed by atoms with Crippen LogP contribution in [0.5, 0.6) is 5.75 Å². The third kappa shape index (κ3) is 5.33. The van der Waals surface area contributed by atoms with E-state index < -0.39 is 16.1 Å². The Morgan fingerprint density at radius 2 is 1.96 bits per heavy atom. The number of rotatable bonds is 6. The molecule has 2 aromatic carbocycles. The van der Waals surface area contributed by atoms with Crippen molar-refractivity contribution in [1.82, 2.24) is 5.32 Å². The summed E-state index contributed by atoms with van der Waals surface area (Å²) in [7, 11) is -3.46. The Labute approximate surface area is 174 Å². The zero-order valence-corrected chi connectivity index (χ0v) is 17.7. The molecule has 0 aliphatic carbocycles. The normalized spacial score (nSPS) is 16.6. The average molecular weight is 441 g/mol. The van der Waals surface area contributed by atoms with E-state index in [4.69, 9.17) is 16.3 Å². The van der Waals surface area contributed by atoms with E-state index in [1.54, 1.807) is 36.0 Å². The number of halogens is 1. The van der Waals surface area contributed by atoms with Crippen molar-refractivity contribution in [3.8, 4) is 5.75 Å². The summed E-state index contributed by atoms with van der Waals surface area (Å²) in [6.07, 6.45) is 0.684. The Kier molecular flexibility index (Phi) is 6.74. The topological polar surface area (TPSA) is 75.7 Å². The zero-order chi connectivity index (χ0) is 20.1. The molecule has 1 N–H and O–H groups in total. The van der Waals surface area contributed by atoms with Gasteiger partial charge in [-0.2, -0.15) is 0 Å². The number of benzene rings is 2. The molecule has 0 bridgehead atoms. The number of amides is 1. The van der Waals surface area contributed by atoms with Gasteiger partial charge in [0, 0.05) is 35.2 Å². The molecule has 0 spiro atoms. The van der Waals surface area contributed by atoms with Crippen LogP contribution in [-0.2, 0) is 14.8 Å². The molecule has 0 aromatic heterocycles. The fourth-order valence-corrected chi connectivity index (χ4v) is 4.69. The summed E-state index contributed by atoms with van der Waals surface area (Å²) in [5.74, 6) is 0.842. The number of thioether (sulfide) groups is 1. The van der Waals surface area contributed by atoms with Gasteiger partial charge in [0.15, 0.2) is 6.10 Å². The molecule has 0 saturated heterocycles. The molecule has 150 valence electrons. The minimum Gasteiger partial charge on any atom is -0.478 e. The summed E-state index contributed by atoms with van der Waals surface area (Å²) in [5, 5.41) is 3.55. The summed E-state index contributed by atoms with van der Waals surface area (Å²) < 4.78 is 31.3. The number of ether oxygens (including phenoxy) is 1. The summed E-state index contributed by atoms with van der Waals surface area (Å²) in [6.45, 7) is 0.664. The van der Waals surface area contributed by atoms with Crippen LogP contribution in [0, 0.1) is 0 Å². The van der Waals surface area contributed by atoms with Gasteiger partial charge < -0.3 is 10.1 Å². The first-order chi connectivity index (χ1) is 13.3. The molecule has 1 heterocycles. The van der Waals surface area contributed by atoms with Gasteiger partial charge in [0.25, 0.3) is 5.91 Å². The van der Waals surface area contributed by atoms with Gasteiger partial charge in [-0.15, -0.1) is 11.8 Å². The maximum Gasteiger partial charge on any atom is 0.261 e. The number of carbonyl (C=O) groups is 1. The van der Waals surface area contributed by atoms with Crippen molar-refractivity contribution in [2.75, 3.05) is 29.4 Å². The van der Waals surface area contributed by atoms with Gasteiger partial charge in [-0.1, -0.05) is 23.7 Å². The number of para-hydroxylation sites is 2. The number of nitrogens with one attached hydrogen (secondary N) is 1. The average Bonchev–Trinajstić information content (AvgIpc) is 2.86. The fraction of sp³-hybridized carbons (Fsp3) is 0.316. The molecule has 0 fully saturated rings. The van der Waals surface area contributed by atoms with E-state index in [0.29, 0.717) is 28.8 Å². The highest BCUT2D eigenvalue weighted by atomic mass is 35.5. The van der Waals surface area contributed by atoms with Crippen LogP contribution < -0.4 is 14.4 Å². The van der Waals surface area contributed by atoms with E-state index in [1.807, 2.05) is 24.3 Å². The highest BCUT2D eigenvalue weighted by molar-refractivity contribution is 7.99. The van der Waals surface area contributed by atoms with E-state index in [1.165, 1.54) is 4.31 Å². The monoisotopic (exact) mass is 440 g/mol. The Morgan fingerprint density at radius 1 is 1.25 bits per heavy atom. The molecule has 0 unspecified atom stereocenters. The smallest absolute Gasteiger partial charge is 0.261 e. The predicted molar refractivity (Wildman–Crippen MR) is 113 cm³/mol. The quantitative estimate of drug-likeness (QED) is 0.551. The Hall–Kier alpha value is -1.90. The highest BCUT2D eigenvalue weighted by Crippen LogP contribution is 2.33. The number of hydrogen-bond donors (Lipinski definition) is 1. The minimum atomic E-state index is -3.46. The van der Waals surface area contributed by atoms with E-state index in [9.17, 15) is 13.2 Å². The van der Waals surface area contributed by atoms with E-state index >= 15 is 0 Å². The standard InChI is InChI=1S/C19H21ClN2O4S2/c1-28(24,25)22-12-10-18(26-17-5-3-2-4-16(17)22)19(23)21-11-13-27-15-8-6-14(20)7-9-15/h2-9,18H,10-13H2,1H3,(H,21,23)/t18-/m1/s1. The van der Waals surface area contributed by atoms with E-state index in [0.717, 1.165) is 11.2 Å². The van der Waals surface area contributed by atoms with Crippen molar-refractivity contribution in [2.45, 2.75) is 17.4 Å². The predicted octanol–water partition coefficient (Wildman–Crippen LogP) is 3.17. The van der Waals surface area contributed by atoms with Gasteiger partial charge in [-0.05, 0) is 36.4 Å². The lowest BCUT2D eigenvalue weighted by atomic mass is 10.2. The number of sulfonamides is 1. The van der Waals surface area contributed by atoms with Gasteiger partial charge in [-0.25, -0.2) is 8.42 Å². The fourth-order valence-electron chi connectivity index (χ4n) is 2.85. The summed E-state index contributed by atoms with van der Waals surface area (Å²) in [6, 6.07) is 14.4. The van der Waals surface area contributed by atoms with Crippen LogP contribution in [0.25, 0.3) is 0 Å². The molecule has 1 aliphatic heterocycles. The largest absolute Gasteiger partial charge is 0.478 e. The molecule has 28 heavy (non-hydrogen) atoms. The molecule has 2 aromatic rings. The van der Waals surface area contributed by atoms with Crippen LogP contribution in [0.15, 0.2) is 53.4 Å². The molecule has 3 rings (SSSR count). The molecule has 6 nitrogen and oxygen atoms in total. The molecule has 0 radical (unpaired) electrons. The second kappa shape index (κ2) is 9.07. The van der Waals surface area contributed by atoms with Gasteiger partial charge >= 0.3 is 0 Å². The van der Waals surface area contributed by atoms with Crippen molar-refractivity contribution < 1.29 is 17.9 Å². The van der Waals surface area contributed by atoms with Gasteiger partial charge in [0.05, 0.1) is 11.9 Å². The van der Waals surface area contributed by atoms with Crippen LogP contribution in [0.4, 0.5) is 5.69 Å². The van der Waals surface area contributed by atoms with Crippen LogP contribution in [-0.4, -0.2) is 45.5 Å². The van der Waals surface area contributed by atoms with Crippen LogP contribution >= 0.6 is 23.4 Å². The van der Waals surface area contributed by atoms with Crippen molar-refractivity contribution in [2.24, 2.45) is 0 Å². The number of carbonyl (C=O) groups excluding carboxylic acids is 1. The molecule has 0 saturated carbocycles. The molecule has 1 aliphatic rings. The van der Waals surface area contributed by atoms with Gasteiger partial charge in [0.1, 0.15) is 5.75 Å². The Morgan fingerprint density at radius 3 is 2.68 bits per heavy atom. The van der Waals surface area contributed by atoms with Crippen LogP contribution in [0.3, 0.4) is 0 Å². The first-order valence-corrected chi connectivity index (χ1v) is 12.0. The second-order valence-electron chi connectivity index (χ2n) is 6.29. The highest BCUT2D eigenvalue weighted by Gasteiger charge is 2.30. The molecule has 1 amide bonds. The van der Waals surface area contributed by atoms with Gasteiger partial charge in [-0.3, -0.25) is 9.10 Å². The SMILES string of the molecule is CS(=O)(=O)N1CC[C@H](C(=O)NCCSc2ccc(Cl)cc2)Oc2ccccc21.